The molecule has 0 aliphatic carbocycles. The first-order chi connectivity index (χ1) is 9.76. The predicted molar refractivity (Wildman–Crippen MR) is 80.9 cm³/mol. The van der Waals surface area contributed by atoms with Crippen LogP contribution >= 0.6 is 27.7 Å². The third-order valence-electron chi connectivity index (χ3n) is 3.36. The van der Waals surface area contributed by atoms with E-state index >= 15 is 0 Å². The van der Waals surface area contributed by atoms with E-state index in [4.69, 9.17) is 14.2 Å². The third-order valence-corrected chi connectivity index (χ3v) is 4.52. The highest BCUT2D eigenvalue weighted by atomic mass is 79.9. The summed E-state index contributed by atoms with van der Waals surface area (Å²) < 4.78 is 17.9. The number of ether oxygens (including phenoxy) is 3. The molecule has 7 heteroatoms. The van der Waals surface area contributed by atoms with Crippen LogP contribution in [0.1, 0.15) is 0 Å². The van der Waals surface area contributed by atoms with Crippen LogP contribution in [-0.2, 0) is 4.74 Å². The molecule has 5 nitrogen and oxygen atoms in total. The summed E-state index contributed by atoms with van der Waals surface area (Å²) in [4.78, 5) is 6.75. The molecule has 0 amide bonds. The van der Waals surface area contributed by atoms with Gasteiger partial charge in [-0.05, 0) is 22.2 Å². The lowest BCUT2D eigenvalue weighted by molar-refractivity contribution is 0.00269. The predicted octanol–water partition coefficient (Wildman–Crippen LogP) is 2.04. The van der Waals surface area contributed by atoms with E-state index in [2.05, 4.69) is 25.8 Å². The van der Waals surface area contributed by atoms with Crippen molar-refractivity contribution in [3.63, 3.8) is 0 Å². The van der Waals surface area contributed by atoms with Crippen LogP contribution in [0.4, 0.5) is 0 Å². The number of pyridine rings is 1. The van der Waals surface area contributed by atoms with Gasteiger partial charge >= 0.3 is 0 Å². The monoisotopic (exact) mass is 360 g/mol. The van der Waals surface area contributed by atoms with Crippen molar-refractivity contribution in [3.05, 3.63) is 10.7 Å². The first kappa shape index (κ1) is 14.4. The molecule has 2 aliphatic rings. The van der Waals surface area contributed by atoms with Gasteiger partial charge in [-0.25, -0.2) is 4.98 Å². The van der Waals surface area contributed by atoms with Crippen LogP contribution < -0.4 is 9.47 Å². The van der Waals surface area contributed by atoms with Crippen molar-refractivity contribution in [2.45, 2.75) is 11.1 Å². The van der Waals surface area contributed by atoms with E-state index in [-0.39, 0.29) is 6.10 Å². The van der Waals surface area contributed by atoms with Crippen molar-refractivity contribution in [3.8, 4) is 11.5 Å². The Kier molecular flexibility index (Phi) is 4.70. The molecule has 1 aromatic rings. The zero-order chi connectivity index (χ0) is 13.9. The van der Waals surface area contributed by atoms with Crippen molar-refractivity contribution in [1.82, 2.24) is 9.88 Å². The zero-order valence-corrected chi connectivity index (χ0v) is 13.7. The molecular formula is C13H17BrN2O3S. The van der Waals surface area contributed by atoms with Gasteiger partial charge in [-0.15, -0.1) is 11.8 Å². The van der Waals surface area contributed by atoms with Crippen LogP contribution in [0.15, 0.2) is 15.7 Å². The Labute approximate surface area is 131 Å². The normalized spacial score (nSPS) is 22.8. The first-order valence-electron chi connectivity index (χ1n) is 6.60. The zero-order valence-electron chi connectivity index (χ0n) is 11.3. The maximum atomic E-state index is 6.07. The van der Waals surface area contributed by atoms with E-state index in [1.165, 1.54) is 0 Å². The van der Waals surface area contributed by atoms with E-state index in [1.54, 1.807) is 11.8 Å². The van der Waals surface area contributed by atoms with Gasteiger partial charge in [0.25, 0.3) is 0 Å². The summed E-state index contributed by atoms with van der Waals surface area (Å²) in [6.45, 7) is 4.96. The molecule has 3 heterocycles. The molecule has 0 saturated carbocycles. The minimum Gasteiger partial charge on any atom is -0.483 e. The molecule has 0 bridgehead atoms. The number of halogens is 1. The van der Waals surface area contributed by atoms with Gasteiger partial charge in [-0.1, -0.05) is 0 Å². The van der Waals surface area contributed by atoms with Crippen molar-refractivity contribution in [2.24, 2.45) is 0 Å². The van der Waals surface area contributed by atoms with Crippen molar-refractivity contribution < 1.29 is 14.2 Å². The van der Waals surface area contributed by atoms with Crippen LogP contribution in [0.25, 0.3) is 0 Å². The Balaban J connectivity index is 1.69. The average Bonchev–Trinajstić information content (AvgIpc) is 2.48. The summed E-state index contributed by atoms with van der Waals surface area (Å²) in [7, 11) is 0. The number of morpholine rings is 1. The molecular weight excluding hydrogens is 344 g/mol. The largest absolute Gasteiger partial charge is 0.483 e. The van der Waals surface area contributed by atoms with Gasteiger partial charge in [0.05, 0.1) is 13.2 Å². The van der Waals surface area contributed by atoms with Crippen LogP contribution in [-0.4, -0.2) is 61.7 Å². The number of hydrogen-bond donors (Lipinski definition) is 0. The quantitative estimate of drug-likeness (QED) is 0.607. The average molecular weight is 361 g/mol. The standard InChI is InChI=1S/C13H17BrN2O3S/c1-20-11-6-10-12(13(14)15-11)18-8-9(19-10)7-16-2-4-17-5-3-16/h6,9H,2-5,7-8H2,1H3. The number of rotatable bonds is 3. The van der Waals surface area contributed by atoms with Crippen LogP contribution in [0.3, 0.4) is 0 Å². The van der Waals surface area contributed by atoms with E-state index in [9.17, 15) is 0 Å². The van der Waals surface area contributed by atoms with Crippen molar-refractivity contribution in [1.29, 1.82) is 0 Å². The Bertz CT molecular complexity index is 483. The molecule has 1 unspecified atom stereocenters. The smallest absolute Gasteiger partial charge is 0.194 e. The maximum Gasteiger partial charge on any atom is 0.194 e. The Morgan fingerprint density at radius 1 is 1.45 bits per heavy atom. The first-order valence-corrected chi connectivity index (χ1v) is 8.62. The summed E-state index contributed by atoms with van der Waals surface area (Å²) in [6.07, 6.45) is 2.06. The summed E-state index contributed by atoms with van der Waals surface area (Å²) in [6, 6.07) is 1.94. The summed E-state index contributed by atoms with van der Waals surface area (Å²) in [5.74, 6) is 1.49. The van der Waals surface area contributed by atoms with Gasteiger partial charge in [0.2, 0.25) is 0 Å². The third kappa shape index (κ3) is 3.21. The fourth-order valence-electron chi connectivity index (χ4n) is 2.33. The van der Waals surface area contributed by atoms with E-state index < -0.39 is 0 Å². The SMILES string of the molecule is CSc1cc2c(c(Br)n1)OCC(CN1CCOCC1)O2. The van der Waals surface area contributed by atoms with Gasteiger partial charge in [0.1, 0.15) is 17.7 Å². The van der Waals surface area contributed by atoms with Gasteiger partial charge in [-0.3, -0.25) is 4.90 Å². The van der Waals surface area contributed by atoms with Gasteiger partial charge in [-0.2, -0.15) is 0 Å². The molecule has 0 aromatic carbocycles. The minimum atomic E-state index is 0.0598. The molecule has 0 spiro atoms. The highest BCUT2D eigenvalue weighted by Crippen LogP contribution is 2.39. The lowest BCUT2D eigenvalue weighted by Gasteiger charge is -2.33. The van der Waals surface area contributed by atoms with Crippen LogP contribution in [0.5, 0.6) is 11.5 Å². The fourth-order valence-corrected chi connectivity index (χ4v) is 3.36. The lowest BCUT2D eigenvalue weighted by Crippen LogP contribution is -2.45. The van der Waals surface area contributed by atoms with Crippen LogP contribution in [0.2, 0.25) is 0 Å². The Morgan fingerprint density at radius 2 is 2.25 bits per heavy atom. The summed E-state index contributed by atoms with van der Waals surface area (Å²) in [5, 5.41) is 0.922. The lowest BCUT2D eigenvalue weighted by atomic mass is 10.2. The number of aromatic nitrogens is 1. The highest BCUT2D eigenvalue weighted by Gasteiger charge is 2.26. The summed E-state index contributed by atoms with van der Waals surface area (Å²) >= 11 is 5.02. The Morgan fingerprint density at radius 3 is 3.00 bits per heavy atom. The fraction of sp³-hybridized carbons (Fsp3) is 0.615. The second-order valence-corrected chi connectivity index (χ2v) is 6.32. The molecule has 1 atom stereocenters. The maximum absolute atomic E-state index is 6.07. The van der Waals surface area contributed by atoms with Crippen LogP contribution in [0, 0.1) is 0 Å². The van der Waals surface area contributed by atoms with Gasteiger partial charge in [0.15, 0.2) is 16.1 Å². The van der Waals surface area contributed by atoms with E-state index in [0.717, 1.165) is 43.6 Å². The van der Waals surface area contributed by atoms with Crippen molar-refractivity contribution >= 4 is 27.7 Å². The second-order valence-electron chi connectivity index (χ2n) is 4.75. The number of fused-ring (bicyclic) bond motifs is 1. The van der Waals surface area contributed by atoms with Gasteiger partial charge < -0.3 is 14.2 Å². The second kappa shape index (κ2) is 6.51. The molecule has 3 rings (SSSR count). The molecule has 0 N–H and O–H groups in total. The topological polar surface area (TPSA) is 43.8 Å². The number of thioether (sulfide) groups is 1. The highest BCUT2D eigenvalue weighted by molar-refractivity contribution is 9.10. The number of nitrogens with zero attached hydrogens (tertiary/aromatic N) is 2. The molecule has 20 heavy (non-hydrogen) atoms. The van der Waals surface area contributed by atoms with E-state index in [0.29, 0.717) is 17.0 Å². The molecule has 1 fully saturated rings. The molecule has 1 saturated heterocycles. The van der Waals surface area contributed by atoms with Gasteiger partial charge in [0, 0.05) is 25.7 Å². The number of hydrogen-bond acceptors (Lipinski definition) is 6. The Hall–Kier alpha value is -0.500. The van der Waals surface area contributed by atoms with Crippen molar-refractivity contribution in [2.75, 3.05) is 45.7 Å². The van der Waals surface area contributed by atoms with E-state index in [1.807, 2.05) is 12.3 Å². The summed E-state index contributed by atoms with van der Waals surface area (Å²) in [5.41, 5.74) is 0. The molecule has 110 valence electrons. The molecule has 2 aliphatic heterocycles. The minimum absolute atomic E-state index is 0.0598. The molecule has 0 radical (unpaired) electrons. The molecule has 1 aromatic heterocycles.